The van der Waals surface area contributed by atoms with Gasteiger partial charge in [0.05, 0.1) is 23.1 Å². The molecule has 3 aromatic heterocycles. The van der Waals surface area contributed by atoms with E-state index >= 15 is 0 Å². The number of benzene rings is 1. The van der Waals surface area contributed by atoms with Gasteiger partial charge in [0.15, 0.2) is 0 Å². The molecule has 0 radical (unpaired) electrons. The first-order valence-electron chi connectivity index (χ1n) is 10.5. The van der Waals surface area contributed by atoms with E-state index in [-0.39, 0.29) is 17.4 Å². The molecule has 0 aliphatic carbocycles. The van der Waals surface area contributed by atoms with E-state index in [1.807, 2.05) is 0 Å². The van der Waals surface area contributed by atoms with Gasteiger partial charge >= 0.3 is 0 Å². The number of piperidine rings is 1. The quantitative estimate of drug-likeness (QED) is 0.468. The van der Waals surface area contributed by atoms with Crippen LogP contribution in [0.3, 0.4) is 0 Å². The monoisotopic (exact) mass is 466 g/mol. The number of carbonyl (C=O) groups excluding carboxylic acids is 1. The van der Waals surface area contributed by atoms with Crippen LogP contribution in [0.2, 0.25) is 0 Å². The normalized spacial score (nSPS) is 16.2. The highest BCUT2D eigenvalue weighted by Crippen LogP contribution is 2.36. The second-order valence-electron chi connectivity index (χ2n) is 7.86. The number of halogens is 2. The number of carbonyl (C=O) groups is 1. The summed E-state index contributed by atoms with van der Waals surface area (Å²) in [6.45, 7) is 1.43. The van der Waals surface area contributed by atoms with E-state index in [1.54, 1.807) is 11.7 Å². The molecule has 168 valence electrons. The maximum atomic E-state index is 14.4. The van der Waals surface area contributed by atoms with Crippen molar-refractivity contribution in [3.63, 3.8) is 0 Å². The number of amides is 1. The highest BCUT2D eigenvalue weighted by Gasteiger charge is 2.24. The molecule has 1 aliphatic rings. The number of nitrogens with two attached hydrogens (primary N) is 1. The fourth-order valence-electron chi connectivity index (χ4n) is 4.00. The van der Waals surface area contributed by atoms with Crippen LogP contribution in [-0.4, -0.2) is 40.0 Å². The molecule has 4 aromatic rings. The van der Waals surface area contributed by atoms with E-state index in [4.69, 9.17) is 5.73 Å². The summed E-state index contributed by atoms with van der Waals surface area (Å²) < 4.78 is 27.7. The van der Waals surface area contributed by atoms with Gasteiger partial charge in [0.1, 0.15) is 33.4 Å². The Bertz CT molecular complexity index is 1330. The Kier molecular flexibility index (Phi) is 5.69. The summed E-state index contributed by atoms with van der Waals surface area (Å²) in [4.78, 5) is 29.1. The van der Waals surface area contributed by atoms with Crippen LogP contribution >= 0.6 is 11.3 Å². The third-order valence-electron chi connectivity index (χ3n) is 5.56. The Morgan fingerprint density at radius 2 is 1.97 bits per heavy atom. The van der Waals surface area contributed by atoms with Gasteiger partial charge in [-0.15, -0.1) is 11.3 Å². The summed E-state index contributed by atoms with van der Waals surface area (Å²) in [6.07, 6.45) is 3.47. The van der Waals surface area contributed by atoms with E-state index in [2.05, 4.69) is 25.2 Å². The molecule has 0 spiro atoms. The van der Waals surface area contributed by atoms with Gasteiger partial charge < -0.3 is 16.0 Å². The van der Waals surface area contributed by atoms with Crippen molar-refractivity contribution in [1.82, 2.24) is 15.0 Å². The first-order valence-corrected chi connectivity index (χ1v) is 11.3. The first-order chi connectivity index (χ1) is 16.0. The van der Waals surface area contributed by atoms with Gasteiger partial charge in [-0.2, -0.15) is 0 Å². The molecule has 33 heavy (non-hydrogen) atoms. The summed E-state index contributed by atoms with van der Waals surface area (Å²) in [6, 6.07) is 7.78. The lowest BCUT2D eigenvalue weighted by atomic mass is 10.1. The predicted octanol–water partition coefficient (Wildman–Crippen LogP) is 4.21. The Balaban J connectivity index is 1.49. The Morgan fingerprint density at radius 1 is 1.15 bits per heavy atom. The molecule has 1 amide bonds. The summed E-state index contributed by atoms with van der Waals surface area (Å²) in [5.74, 6) is -1.56. The van der Waals surface area contributed by atoms with Gasteiger partial charge in [-0.1, -0.05) is 0 Å². The van der Waals surface area contributed by atoms with E-state index in [0.29, 0.717) is 23.3 Å². The van der Waals surface area contributed by atoms with Crippen LogP contribution in [0.25, 0.3) is 21.6 Å². The average Bonchev–Trinajstić information content (AvgIpc) is 3.28. The molecule has 10 heteroatoms. The van der Waals surface area contributed by atoms with Gasteiger partial charge in [-0.25, -0.2) is 23.7 Å². The standard InChI is InChI=1S/C23H20F2N6OS/c24-14-5-3-13(4-6-14)19-16(25)7-8-17(29-19)22(32)30-18-10-27-23-20(28-12-33-23)21(18)31-9-1-2-15(26)11-31/h3-8,10,12,15H,1-2,9,11,26H2,(H,30,32)/t15-/m0/s1. The maximum Gasteiger partial charge on any atom is 0.274 e. The highest BCUT2D eigenvalue weighted by atomic mass is 32.1. The summed E-state index contributed by atoms with van der Waals surface area (Å²) in [7, 11) is 0. The number of nitrogens with one attached hydrogen (secondary N) is 1. The minimum Gasteiger partial charge on any atom is -0.366 e. The fraction of sp³-hybridized carbons (Fsp3) is 0.217. The predicted molar refractivity (Wildman–Crippen MR) is 124 cm³/mol. The lowest BCUT2D eigenvalue weighted by Crippen LogP contribution is -2.43. The Morgan fingerprint density at radius 3 is 2.76 bits per heavy atom. The lowest BCUT2D eigenvalue weighted by molar-refractivity contribution is 0.102. The molecule has 4 heterocycles. The number of rotatable bonds is 4. The van der Waals surface area contributed by atoms with E-state index in [1.165, 1.54) is 47.7 Å². The van der Waals surface area contributed by atoms with Crippen molar-refractivity contribution in [2.24, 2.45) is 5.73 Å². The number of thiazole rings is 1. The molecule has 5 rings (SSSR count). The van der Waals surface area contributed by atoms with Crippen LogP contribution in [0, 0.1) is 11.6 Å². The zero-order valence-electron chi connectivity index (χ0n) is 17.5. The van der Waals surface area contributed by atoms with Gasteiger partial charge in [-0.05, 0) is 49.2 Å². The number of pyridine rings is 2. The molecule has 1 aliphatic heterocycles. The SMILES string of the molecule is N[C@H]1CCCN(c2c(NC(=O)c3ccc(F)c(-c4ccc(F)cc4)n3)cnc3scnc23)C1. The van der Waals surface area contributed by atoms with E-state index in [0.717, 1.165) is 29.9 Å². The molecule has 0 unspecified atom stereocenters. The molecular formula is C23H20F2N6OS. The minimum atomic E-state index is -0.605. The van der Waals surface area contributed by atoms with Crippen LogP contribution in [-0.2, 0) is 0 Å². The number of nitrogens with zero attached hydrogens (tertiary/aromatic N) is 4. The molecule has 3 N–H and O–H groups in total. The van der Waals surface area contributed by atoms with Gasteiger partial charge in [-0.3, -0.25) is 4.79 Å². The van der Waals surface area contributed by atoms with Crippen molar-refractivity contribution < 1.29 is 13.6 Å². The number of aromatic nitrogens is 3. The maximum absolute atomic E-state index is 14.4. The van der Waals surface area contributed by atoms with Crippen LogP contribution < -0.4 is 16.0 Å². The molecular weight excluding hydrogens is 446 g/mol. The van der Waals surface area contributed by atoms with Crippen molar-refractivity contribution >= 4 is 39.0 Å². The summed E-state index contributed by atoms with van der Waals surface area (Å²) in [5, 5.41) is 2.86. The van der Waals surface area contributed by atoms with Crippen molar-refractivity contribution in [2.45, 2.75) is 18.9 Å². The molecule has 1 saturated heterocycles. The minimum absolute atomic E-state index is 0.0235. The second-order valence-corrected chi connectivity index (χ2v) is 8.70. The van der Waals surface area contributed by atoms with Crippen LogP contribution in [0.4, 0.5) is 20.2 Å². The van der Waals surface area contributed by atoms with Gasteiger partial charge in [0, 0.05) is 24.7 Å². The molecule has 0 bridgehead atoms. The van der Waals surface area contributed by atoms with Crippen LogP contribution in [0.5, 0.6) is 0 Å². The number of anilines is 2. The van der Waals surface area contributed by atoms with Crippen molar-refractivity contribution in [3.8, 4) is 11.3 Å². The Hall–Kier alpha value is -3.50. The first kappa shape index (κ1) is 21.4. The Labute approximate surface area is 192 Å². The van der Waals surface area contributed by atoms with Crippen molar-refractivity contribution in [2.75, 3.05) is 23.3 Å². The zero-order valence-corrected chi connectivity index (χ0v) is 18.3. The van der Waals surface area contributed by atoms with Crippen molar-refractivity contribution in [3.05, 3.63) is 65.4 Å². The smallest absolute Gasteiger partial charge is 0.274 e. The number of hydrogen-bond donors (Lipinski definition) is 2. The van der Waals surface area contributed by atoms with Crippen molar-refractivity contribution in [1.29, 1.82) is 0 Å². The third-order valence-corrected chi connectivity index (χ3v) is 6.29. The number of hydrogen-bond acceptors (Lipinski definition) is 7. The van der Waals surface area contributed by atoms with Gasteiger partial charge in [0.25, 0.3) is 5.91 Å². The topological polar surface area (TPSA) is 97.0 Å². The van der Waals surface area contributed by atoms with Gasteiger partial charge in [0.2, 0.25) is 0 Å². The lowest BCUT2D eigenvalue weighted by Gasteiger charge is -2.33. The summed E-state index contributed by atoms with van der Waals surface area (Å²) >= 11 is 1.42. The number of fused-ring (bicyclic) bond motifs is 1. The summed E-state index contributed by atoms with van der Waals surface area (Å²) in [5.41, 5.74) is 10.2. The molecule has 1 atom stereocenters. The van der Waals surface area contributed by atoms with E-state index in [9.17, 15) is 13.6 Å². The zero-order chi connectivity index (χ0) is 22.9. The van der Waals surface area contributed by atoms with Crippen LogP contribution in [0.15, 0.2) is 48.1 Å². The fourth-order valence-corrected chi connectivity index (χ4v) is 4.63. The third kappa shape index (κ3) is 4.27. The molecule has 1 aromatic carbocycles. The second kappa shape index (κ2) is 8.80. The molecule has 1 fully saturated rings. The van der Waals surface area contributed by atoms with E-state index < -0.39 is 17.5 Å². The van der Waals surface area contributed by atoms with Crippen LogP contribution in [0.1, 0.15) is 23.3 Å². The molecule has 7 nitrogen and oxygen atoms in total. The highest BCUT2D eigenvalue weighted by molar-refractivity contribution is 7.16. The average molecular weight is 467 g/mol. The molecule has 0 saturated carbocycles. The largest absolute Gasteiger partial charge is 0.366 e.